The lowest BCUT2D eigenvalue weighted by Gasteiger charge is -2.16. The Morgan fingerprint density at radius 3 is 2.15 bits per heavy atom. The highest BCUT2D eigenvalue weighted by Gasteiger charge is 2.35. The molecule has 0 saturated carbocycles. The maximum atomic E-state index is 12.5. The van der Waals surface area contributed by atoms with E-state index in [1.807, 2.05) is 19.6 Å². The van der Waals surface area contributed by atoms with Crippen LogP contribution in [0.2, 0.25) is 19.6 Å². The van der Waals surface area contributed by atoms with Crippen LogP contribution in [0, 0.1) is 11.5 Å². The predicted octanol–water partition coefficient (Wildman–Crippen LogP) is 1.76. The number of hydrogen-bond donors (Lipinski definition) is 0. The Hall–Kier alpha value is -3.08. The Morgan fingerprint density at radius 2 is 1.70 bits per heavy atom. The van der Waals surface area contributed by atoms with E-state index in [1.165, 1.54) is 21.3 Å². The van der Waals surface area contributed by atoms with Gasteiger partial charge in [0.25, 0.3) is 0 Å². The number of carbonyl (C=O) groups is 2. The van der Waals surface area contributed by atoms with Gasteiger partial charge in [-0.2, -0.15) is 4.79 Å². The number of hydrogen-bond acceptors (Lipinski definition) is 5. The maximum absolute atomic E-state index is 12.5. The van der Waals surface area contributed by atoms with E-state index in [4.69, 9.17) is 19.7 Å². The first-order valence-electron chi connectivity index (χ1n) is 8.03. The molecular formula is C18H23N3O5Si. The fraction of sp³-hybridized carbons (Fsp3) is 0.389. The lowest BCUT2D eigenvalue weighted by Crippen LogP contribution is -2.39. The quantitative estimate of drug-likeness (QED) is 0.140. The smallest absolute Gasteiger partial charge is 0.463 e. The highest BCUT2D eigenvalue weighted by atomic mass is 28.3. The van der Waals surface area contributed by atoms with Crippen LogP contribution in [-0.2, 0) is 14.3 Å². The van der Waals surface area contributed by atoms with Crippen molar-refractivity contribution in [1.29, 1.82) is 0 Å². The van der Waals surface area contributed by atoms with Crippen LogP contribution in [0.4, 0.5) is 5.69 Å². The molecule has 0 saturated heterocycles. The van der Waals surface area contributed by atoms with Crippen molar-refractivity contribution in [2.45, 2.75) is 19.6 Å². The molecule has 0 unspecified atom stereocenters. The molecule has 8 nitrogen and oxygen atoms in total. The number of methoxy groups -OCH3 is 2. The molecule has 0 heterocycles. The normalized spacial score (nSPS) is 10.0. The Balaban J connectivity index is 2.96. The summed E-state index contributed by atoms with van der Waals surface area (Å²) in [6.07, 6.45) is 0. The van der Waals surface area contributed by atoms with Crippen molar-refractivity contribution in [2.24, 2.45) is 0 Å². The third-order valence-electron chi connectivity index (χ3n) is 3.26. The summed E-state index contributed by atoms with van der Waals surface area (Å²) in [5.74, 6) is 1.74. The molecule has 0 bridgehead atoms. The van der Waals surface area contributed by atoms with Gasteiger partial charge in [0.05, 0.1) is 19.9 Å². The van der Waals surface area contributed by atoms with Crippen LogP contribution < -0.4 is 14.4 Å². The molecule has 0 aromatic heterocycles. The van der Waals surface area contributed by atoms with Gasteiger partial charge >= 0.3 is 17.6 Å². The first-order valence-corrected chi connectivity index (χ1v) is 11.5. The monoisotopic (exact) mass is 389 g/mol. The van der Waals surface area contributed by atoms with Crippen LogP contribution in [0.5, 0.6) is 11.5 Å². The lowest BCUT2D eigenvalue weighted by atomic mass is 10.2. The third-order valence-corrected chi connectivity index (χ3v) is 4.19. The topological polar surface area (TPSA) is 101 Å². The van der Waals surface area contributed by atoms with Gasteiger partial charge < -0.3 is 24.6 Å². The second kappa shape index (κ2) is 9.57. The average Bonchev–Trinajstić information content (AvgIpc) is 2.63. The highest BCUT2D eigenvalue weighted by Crippen LogP contribution is 2.27. The number of amides is 1. The summed E-state index contributed by atoms with van der Waals surface area (Å²) in [6.45, 7) is 5.95. The second-order valence-corrected chi connectivity index (χ2v) is 11.3. The third kappa shape index (κ3) is 6.62. The van der Waals surface area contributed by atoms with Crippen molar-refractivity contribution in [1.82, 2.24) is 0 Å². The largest absolute Gasteiger partial charge is 0.497 e. The van der Waals surface area contributed by atoms with Crippen LogP contribution in [0.15, 0.2) is 18.2 Å². The fourth-order valence-electron chi connectivity index (χ4n) is 1.90. The predicted molar refractivity (Wildman–Crippen MR) is 104 cm³/mol. The van der Waals surface area contributed by atoms with Crippen molar-refractivity contribution in [3.63, 3.8) is 0 Å². The maximum Gasteiger partial charge on any atom is 0.463 e. The highest BCUT2D eigenvalue weighted by molar-refractivity contribution is 6.83. The van der Waals surface area contributed by atoms with Gasteiger partial charge in [0.15, 0.2) is 6.61 Å². The van der Waals surface area contributed by atoms with Gasteiger partial charge in [-0.3, -0.25) is 4.79 Å². The zero-order valence-electron chi connectivity index (χ0n) is 16.3. The number of carbonyl (C=O) groups excluding carboxylic acids is 2. The van der Waals surface area contributed by atoms with Crippen LogP contribution in [-0.4, -0.2) is 58.3 Å². The number of rotatable bonds is 6. The van der Waals surface area contributed by atoms with Crippen LogP contribution >= 0.6 is 0 Å². The summed E-state index contributed by atoms with van der Waals surface area (Å²) < 4.78 is 15.2. The molecule has 144 valence electrons. The molecule has 0 fully saturated rings. The Morgan fingerprint density at radius 1 is 1.15 bits per heavy atom. The van der Waals surface area contributed by atoms with Gasteiger partial charge in [-0.1, -0.05) is 25.6 Å². The van der Waals surface area contributed by atoms with E-state index in [9.17, 15) is 9.59 Å². The number of esters is 1. The summed E-state index contributed by atoms with van der Waals surface area (Å²) >= 11 is 0. The van der Waals surface area contributed by atoms with Gasteiger partial charge in [-0.25, -0.2) is 4.79 Å². The van der Waals surface area contributed by atoms with Crippen molar-refractivity contribution >= 4 is 31.3 Å². The summed E-state index contributed by atoms with van der Waals surface area (Å²) in [6, 6.07) is 4.77. The van der Waals surface area contributed by atoms with Crippen molar-refractivity contribution in [3.8, 4) is 23.0 Å². The molecule has 0 atom stereocenters. The fourth-order valence-corrected chi connectivity index (χ4v) is 2.51. The van der Waals surface area contributed by atoms with E-state index in [2.05, 4.69) is 16.3 Å². The average molecular weight is 389 g/mol. The molecule has 0 aliphatic carbocycles. The van der Waals surface area contributed by atoms with E-state index in [1.54, 1.807) is 18.2 Å². The molecule has 0 spiro atoms. The summed E-state index contributed by atoms with van der Waals surface area (Å²) in [7, 11) is 2.76. The van der Waals surface area contributed by atoms with Crippen LogP contribution in [0.1, 0.15) is 0 Å². The molecule has 27 heavy (non-hydrogen) atoms. The molecule has 1 rings (SSSR count). The van der Waals surface area contributed by atoms with Crippen LogP contribution in [0.25, 0.3) is 5.53 Å². The minimum Gasteiger partial charge on any atom is -0.497 e. The zero-order valence-corrected chi connectivity index (χ0v) is 17.3. The summed E-state index contributed by atoms with van der Waals surface area (Å²) in [4.78, 5) is 28.5. The van der Waals surface area contributed by atoms with E-state index in [-0.39, 0.29) is 6.61 Å². The summed E-state index contributed by atoms with van der Waals surface area (Å²) in [5, 5.41) is 0. The molecule has 0 aliphatic heterocycles. The molecule has 9 heteroatoms. The Labute approximate surface area is 159 Å². The lowest BCUT2D eigenvalue weighted by molar-refractivity contribution is -0.140. The minimum atomic E-state index is -1.60. The first kappa shape index (κ1) is 22.0. The number of anilines is 1. The molecule has 1 aromatic rings. The molecule has 0 radical (unpaired) electrons. The number of ether oxygens (including phenoxy) is 3. The minimum absolute atomic E-state index is 0.188. The Kier molecular flexibility index (Phi) is 7.78. The summed E-state index contributed by atoms with van der Waals surface area (Å²) in [5.41, 5.74) is 11.8. The van der Waals surface area contributed by atoms with Gasteiger partial charge in [-0.15, -0.1) is 5.54 Å². The van der Waals surface area contributed by atoms with E-state index >= 15 is 0 Å². The molecule has 0 aliphatic rings. The van der Waals surface area contributed by atoms with Crippen molar-refractivity contribution in [3.05, 3.63) is 23.7 Å². The van der Waals surface area contributed by atoms with Gasteiger partial charge in [-0.05, 0) is 0 Å². The standard InChI is InChI=1S/C18H23N3O5Si/c1-21(13-10-14(24-2)12-15(11-13)25-3)17(22)16(20-19)18(23)26-8-7-9-27(4,5)6/h10-12H,8H2,1-6H3. The van der Waals surface area contributed by atoms with Gasteiger partial charge in [0, 0.05) is 25.2 Å². The Bertz CT molecular complexity index is 807. The number of benzene rings is 1. The van der Waals surface area contributed by atoms with Gasteiger partial charge in [0.2, 0.25) is 0 Å². The molecule has 1 aromatic carbocycles. The molecule has 0 N–H and O–H groups in total. The molecule has 1 amide bonds. The first-order chi connectivity index (χ1) is 12.6. The second-order valence-electron chi connectivity index (χ2n) is 6.51. The van der Waals surface area contributed by atoms with Crippen LogP contribution in [0.3, 0.4) is 0 Å². The number of nitrogens with zero attached hydrogens (tertiary/aromatic N) is 3. The molecular weight excluding hydrogens is 366 g/mol. The van der Waals surface area contributed by atoms with Crippen molar-refractivity contribution in [2.75, 3.05) is 32.8 Å². The van der Waals surface area contributed by atoms with E-state index in [0.717, 1.165) is 4.90 Å². The van der Waals surface area contributed by atoms with E-state index < -0.39 is 25.7 Å². The zero-order chi connectivity index (χ0) is 20.6. The van der Waals surface area contributed by atoms with Crippen molar-refractivity contribution < 1.29 is 28.6 Å². The van der Waals surface area contributed by atoms with Gasteiger partial charge in [0.1, 0.15) is 19.6 Å². The van der Waals surface area contributed by atoms with E-state index in [0.29, 0.717) is 17.2 Å². The SMILES string of the molecule is COc1cc(OC)cc(N(C)C(=O)C(=[N+]=[N-])C(=O)OCC#C[Si](C)(C)C)c1.